The van der Waals surface area contributed by atoms with Crippen molar-refractivity contribution in [2.24, 2.45) is 0 Å². The molecular formula is C33H26N2Si. The van der Waals surface area contributed by atoms with Crippen LogP contribution in [0, 0.1) is 22.7 Å². The SMILES string of the molecule is CC[Si]1(C)C(c2ccc(C#N)cc2)=C(c2ccccc2)C(c2ccccc2)=C1c1ccc(C#N)cc1. The highest BCUT2D eigenvalue weighted by Crippen LogP contribution is 2.56. The molecule has 1 heterocycles. The minimum Gasteiger partial charge on any atom is -0.192 e. The fraction of sp³-hybridized carbons (Fsp3) is 0.0909. The zero-order chi connectivity index (χ0) is 25.1. The van der Waals surface area contributed by atoms with E-state index in [0.717, 1.165) is 6.04 Å². The molecule has 0 spiro atoms. The predicted octanol–water partition coefficient (Wildman–Crippen LogP) is 8.14. The average Bonchev–Trinajstić information content (AvgIpc) is 3.23. The summed E-state index contributed by atoms with van der Waals surface area (Å²) < 4.78 is 0. The zero-order valence-corrected chi connectivity index (χ0v) is 21.5. The van der Waals surface area contributed by atoms with E-state index in [4.69, 9.17) is 0 Å². The van der Waals surface area contributed by atoms with Crippen LogP contribution in [0.2, 0.25) is 12.6 Å². The smallest absolute Gasteiger partial charge is 0.118 e. The largest absolute Gasteiger partial charge is 0.192 e. The highest BCUT2D eigenvalue weighted by molar-refractivity contribution is 7.13. The molecule has 5 rings (SSSR count). The monoisotopic (exact) mass is 478 g/mol. The number of rotatable bonds is 5. The second-order valence-corrected chi connectivity index (χ2v) is 13.7. The van der Waals surface area contributed by atoms with Crippen molar-refractivity contribution in [3.05, 3.63) is 143 Å². The number of nitriles is 2. The lowest BCUT2D eigenvalue weighted by molar-refractivity contribution is 1.39. The third-order valence-electron chi connectivity index (χ3n) is 7.29. The van der Waals surface area contributed by atoms with Crippen molar-refractivity contribution in [1.29, 1.82) is 10.5 Å². The van der Waals surface area contributed by atoms with E-state index in [2.05, 4.69) is 111 Å². The molecule has 0 amide bonds. The molecule has 1 aliphatic rings. The Balaban J connectivity index is 1.91. The Morgan fingerprint density at radius 2 is 0.889 bits per heavy atom. The van der Waals surface area contributed by atoms with E-state index >= 15 is 0 Å². The summed E-state index contributed by atoms with van der Waals surface area (Å²) in [6, 6.07) is 43.1. The van der Waals surface area contributed by atoms with Crippen molar-refractivity contribution < 1.29 is 0 Å². The maximum Gasteiger partial charge on any atom is 0.118 e. The van der Waals surface area contributed by atoms with Crippen LogP contribution in [0.4, 0.5) is 0 Å². The van der Waals surface area contributed by atoms with E-state index in [1.54, 1.807) is 0 Å². The molecule has 0 bridgehead atoms. The van der Waals surface area contributed by atoms with Crippen LogP contribution in [-0.2, 0) is 0 Å². The number of hydrogen-bond acceptors (Lipinski definition) is 2. The van der Waals surface area contributed by atoms with Gasteiger partial charge in [-0.1, -0.05) is 104 Å². The molecular weight excluding hydrogens is 452 g/mol. The molecule has 0 radical (unpaired) electrons. The van der Waals surface area contributed by atoms with Crippen molar-refractivity contribution in [2.45, 2.75) is 19.5 Å². The normalized spacial score (nSPS) is 14.4. The number of benzene rings is 4. The quantitative estimate of drug-likeness (QED) is 0.272. The summed E-state index contributed by atoms with van der Waals surface area (Å²) >= 11 is 0. The summed E-state index contributed by atoms with van der Waals surface area (Å²) in [5.41, 5.74) is 8.66. The Morgan fingerprint density at radius 1 is 0.528 bits per heavy atom. The van der Waals surface area contributed by atoms with E-state index < -0.39 is 8.07 Å². The number of allylic oxidation sites excluding steroid dienone is 2. The van der Waals surface area contributed by atoms with Crippen LogP contribution in [0.1, 0.15) is 40.3 Å². The molecule has 0 N–H and O–H groups in total. The van der Waals surface area contributed by atoms with Crippen LogP contribution >= 0.6 is 0 Å². The van der Waals surface area contributed by atoms with Gasteiger partial charge in [-0.3, -0.25) is 0 Å². The Bertz CT molecular complexity index is 1430. The fourth-order valence-corrected chi connectivity index (χ4v) is 9.62. The standard InChI is InChI=1S/C33H26N2Si/c1-3-36(2)32(28-18-14-24(22-34)15-19-28)30(26-10-6-4-7-11-26)31(27-12-8-5-9-13-27)33(36)29-20-16-25(23-35)17-21-29/h4-21H,3H2,1-2H3. The van der Waals surface area contributed by atoms with Crippen LogP contribution in [-0.4, -0.2) is 8.07 Å². The van der Waals surface area contributed by atoms with Gasteiger partial charge < -0.3 is 0 Å². The lowest BCUT2D eigenvalue weighted by atomic mass is 9.89. The molecule has 172 valence electrons. The van der Waals surface area contributed by atoms with E-state index in [9.17, 15) is 10.5 Å². The van der Waals surface area contributed by atoms with Crippen LogP contribution in [0.15, 0.2) is 109 Å². The Morgan fingerprint density at radius 3 is 1.19 bits per heavy atom. The maximum atomic E-state index is 9.41. The van der Waals surface area contributed by atoms with Crippen molar-refractivity contribution in [2.75, 3.05) is 0 Å². The van der Waals surface area contributed by atoms with Gasteiger partial charge in [-0.05, 0) is 68.1 Å². The van der Waals surface area contributed by atoms with E-state index in [1.165, 1.54) is 43.8 Å². The molecule has 0 saturated heterocycles. The molecule has 4 aromatic carbocycles. The van der Waals surface area contributed by atoms with E-state index in [0.29, 0.717) is 11.1 Å². The van der Waals surface area contributed by atoms with Crippen LogP contribution in [0.5, 0.6) is 0 Å². The maximum absolute atomic E-state index is 9.41. The van der Waals surface area contributed by atoms with Gasteiger partial charge in [0, 0.05) is 0 Å². The summed E-state index contributed by atoms with van der Waals surface area (Å²) in [7, 11) is -2.25. The summed E-state index contributed by atoms with van der Waals surface area (Å²) in [5, 5.41) is 21.6. The fourth-order valence-electron chi connectivity index (χ4n) is 5.42. The lowest BCUT2D eigenvalue weighted by Gasteiger charge is -2.30. The molecule has 36 heavy (non-hydrogen) atoms. The summed E-state index contributed by atoms with van der Waals surface area (Å²) in [6.45, 7) is 4.77. The Kier molecular flexibility index (Phi) is 6.26. The first-order chi connectivity index (χ1) is 17.6. The van der Waals surface area contributed by atoms with Crippen LogP contribution in [0.25, 0.3) is 21.5 Å². The molecule has 0 fully saturated rings. The third-order valence-corrected chi connectivity index (χ3v) is 12.0. The minimum absolute atomic E-state index is 0.669. The number of nitrogens with zero attached hydrogens (tertiary/aromatic N) is 2. The molecule has 1 aliphatic heterocycles. The molecule has 0 saturated carbocycles. The van der Waals surface area contributed by atoms with E-state index in [1.807, 2.05) is 24.3 Å². The summed E-state index contributed by atoms with van der Waals surface area (Å²) in [4.78, 5) is 0. The molecule has 4 aromatic rings. The lowest BCUT2D eigenvalue weighted by Crippen LogP contribution is -2.32. The minimum atomic E-state index is -2.25. The van der Waals surface area contributed by atoms with Gasteiger partial charge in [0.2, 0.25) is 0 Å². The predicted molar refractivity (Wildman–Crippen MR) is 151 cm³/mol. The van der Waals surface area contributed by atoms with Gasteiger partial charge in [0.1, 0.15) is 8.07 Å². The second kappa shape index (κ2) is 9.66. The Hall–Kier alpha value is -4.44. The molecule has 0 unspecified atom stereocenters. The summed E-state index contributed by atoms with van der Waals surface area (Å²) in [6.07, 6.45) is 0. The van der Waals surface area contributed by atoms with Crippen LogP contribution in [0.3, 0.4) is 0 Å². The van der Waals surface area contributed by atoms with Gasteiger partial charge >= 0.3 is 0 Å². The van der Waals surface area contributed by atoms with Gasteiger partial charge in [0.15, 0.2) is 0 Å². The summed E-state index contributed by atoms with van der Waals surface area (Å²) in [5.74, 6) is 0. The molecule has 2 nitrogen and oxygen atoms in total. The second-order valence-electron chi connectivity index (χ2n) is 9.30. The highest BCUT2D eigenvalue weighted by atomic mass is 28.3. The third kappa shape index (κ3) is 3.91. The van der Waals surface area contributed by atoms with Gasteiger partial charge in [-0.25, -0.2) is 0 Å². The first-order valence-corrected chi connectivity index (χ1v) is 14.9. The first kappa shape index (κ1) is 23.3. The molecule has 0 aromatic heterocycles. The molecule has 0 atom stereocenters. The average molecular weight is 479 g/mol. The van der Waals surface area contributed by atoms with Gasteiger partial charge in [-0.2, -0.15) is 10.5 Å². The number of hydrogen-bond donors (Lipinski definition) is 0. The van der Waals surface area contributed by atoms with Crippen molar-refractivity contribution >= 4 is 29.6 Å². The van der Waals surface area contributed by atoms with Crippen molar-refractivity contribution in [3.8, 4) is 12.1 Å². The van der Waals surface area contributed by atoms with Gasteiger partial charge in [-0.15, -0.1) is 0 Å². The molecule has 3 heteroatoms. The van der Waals surface area contributed by atoms with Gasteiger partial charge in [0.25, 0.3) is 0 Å². The van der Waals surface area contributed by atoms with Crippen molar-refractivity contribution in [1.82, 2.24) is 0 Å². The zero-order valence-electron chi connectivity index (χ0n) is 20.5. The van der Waals surface area contributed by atoms with Gasteiger partial charge in [0.05, 0.1) is 23.3 Å². The van der Waals surface area contributed by atoms with E-state index in [-0.39, 0.29) is 0 Å². The first-order valence-electron chi connectivity index (χ1n) is 12.2. The topological polar surface area (TPSA) is 47.6 Å². The van der Waals surface area contributed by atoms with Crippen molar-refractivity contribution in [3.63, 3.8) is 0 Å². The van der Waals surface area contributed by atoms with Crippen LogP contribution < -0.4 is 0 Å². The molecule has 0 aliphatic carbocycles. The highest BCUT2D eigenvalue weighted by Gasteiger charge is 2.45. The Labute approximate surface area is 214 Å².